The van der Waals surface area contributed by atoms with E-state index in [-0.39, 0.29) is 0 Å². The maximum atomic E-state index is 4.23. The summed E-state index contributed by atoms with van der Waals surface area (Å²) in [5.74, 6) is 0. The van der Waals surface area contributed by atoms with Crippen LogP contribution in [-0.2, 0) is 0 Å². The third kappa shape index (κ3) is 0.960. The van der Waals surface area contributed by atoms with Crippen molar-refractivity contribution in [2.75, 3.05) is 0 Å². The van der Waals surface area contributed by atoms with Crippen molar-refractivity contribution in [2.45, 2.75) is 13.8 Å². The first-order chi connectivity index (χ1) is 5.25. The van der Waals surface area contributed by atoms with Crippen LogP contribution in [0.1, 0.15) is 11.4 Å². The molecule has 0 aromatic carbocycles. The normalized spacial score (nSPS) is 10.7. The minimum Gasteiger partial charge on any atom is -0.232 e. The molecule has 2 heterocycles. The Labute approximate surface area is 63.9 Å². The molecule has 0 aliphatic rings. The van der Waals surface area contributed by atoms with E-state index in [4.69, 9.17) is 0 Å². The molecule has 0 amide bonds. The van der Waals surface area contributed by atoms with Crippen molar-refractivity contribution in [2.24, 2.45) is 0 Å². The molecule has 0 fully saturated rings. The van der Waals surface area contributed by atoms with Crippen molar-refractivity contribution >= 4 is 5.65 Å². The summed E-state index contributed by atoms with van der Waals surface area (Å²) in [7, 11) is 0. The summed E-state index contributed by atoms with van der Waals surface area (Å²) in [6.45, 7) is 3.83. The Bertz CT molecular complexity index is 390. The quantitative estimate of drug-likeness (QED) is 0.553. The average Bonchev–Trinajstić information content (AvgIpc) is 2.27. The largest absolute Gasteiger partial charge is 0.232 e. The van der Waals surface area contributed by atoms with Crippen LogP contribution >= 0.6 is 0 Å². The molecule has 0 aliphatic heterocycles. The van der Waals surface area contributed by atoms with E-state index in [9.17, 15) is 0 Å². The number of aromatic nitrogens is 4. The topological polar surface area (TPSA) is 43.1 Å². The lowest BCUT2D eigenvalue weighted by atomic mass is 10.5. The molecule has 0 bridgehead atoms. The van der Waals surface area contributed by atoms with Crippen LogP contribution < -0.4 is 0 Å². The van der Waals surface area contributed by atoms with Gasteiger partial charge in [-0.1, -0.05) is 5.21 Å². The second-order valence-electron chi connectivity index (χ2n) is 2.56. The van der Waals surface area contributed by atoms with Gasteiger partial charge in [-0.05, 0) is 13.8 Å². The lowest BCUT2D eigenvalue weighted by Gasteiger charge is -1.89. The Hall–Kier alpha value is -1.45. The molecule has 2 aromatic heterocycles. The van der Waals surface area contributed by atoms with Crippen LogP contribution in [-0.4, -0.2) is 19.8 Å². The monoisotopic (exact) mass is 148 g/mol. The van der Waals surface area contributed by atoms with E-state index in [1.807, 2.05) is 26.1 Å². The van der Waals surface area contributed by atoms with E-state index in [1.54, 1.807) is 4.52 Å². The summed E-state index contributed by atoms with van der Waals surface area (Å²) in [6.07, 6.45) is 1.85. The van der Waals surface area contributed by atoms with Crippen LogP contribution in [0.15, 0.2) is 12.3 Å². The van der Waals surface area contributed by atoms with Crippen LogP contribution in [0.25, 0.3) is 5.65 Å². The molecule has 56 valence electrons. The molecule has 0 saturated heterocycles. The highest BCUT2D eigenvalue weighted by Gasteiger charge is 1.97. The van der Waals surface area contributed by atoms with Crippen LogP contribution in [0.2, 0.25) is 0 Å². The van der Waals surface area contributed by atoms with Gasteiger partial charge in [-0.2, -0.15) is 0 Å². The summed E-state index contributed by atoms with van der Waals surface area (Å²) in [4.78, 5) is 4.23. The number of imidazole rings is 1. The summed E-state index contributed by atoms with van der Waals surface area (Å²) in [6, 6.07) is 1.90. The van der Waals surface area contributed by atoms with Crippen molar-refractivity contribution in [3.63, 3.8) is 0 Å². The van der Waals surface area contributed by atoms with E-state index in [2.05, 4.69) is 15.3 Å². The van der Waals surface area contributed by atoms with Crippen LogP contribution in [0.4, 0.5) is 0 Å². The first kappa shape index (κ1) is 6.27. The zero-order valence-electron chi connectivity index (χ0n) is 6.44. The molecule has 2 aromatic rings. The molecule has 0 radical (unpaired) electrons. The predicted molar refractivity (Wildman–Crippen MR) is 40.3 cm³/mol. The van der Waals surface area contributed by atoms with Gasteiger partial charge in [-0.3, -0.25) is 0 Å². The lowest BCUT2D eigenvalue weighted by molar-refractivity contribution is 0.788. The van der Waals surface area contributed by atoms with Gasteiger partial charge < -0.3 is 0 Å². The molecular weight excluding hydrogens is 140 g/mol. The highest BCUT2D eigenvalue weighted by molar-refractivity contribution is 5.38. The Morgan fingerprint density at radius 3 is 2.91 bits per heavy atom. The Balaban J connectivity index is 2.82. The maximum Gasteiger partial charge on any atom is 0.157 e. The zero-order valence-corrected chi connectivity index (χ0v) is 6.44. The molecule has 0 atom stereocenters. The summed E-state index contributed by atoms with van der Waals surface area (Å²) in [5.41, 5.74) is 2.71. The maximum absolute atomic E-state index is 4.23. The molecule has 4 nitrogen and oxygen atoms in total. The molecule has 11 heavy (non-hydrogen) atoms. The van der Waals surface area contributed by atoms with Gasteiger partial charge in [0.05, 0.1) is 17.6 Å². The fourth-order valence-corrected chi connectivity index (χ4v) is 1.01. The highest BCUT2D eigenvalue weighted by Crippen LogP contribution is 2.01. The number of hydrogen-bond acceptors (Lipinski definition) is 3. The molecular formula is C7H8N4. The van der Waals surface area contributed by atoms with Gasteiger partial charge in [0, 0.05) is 6.07 Å². The second kappa shape index (κ2) is 2.02. The van der Waals surface area contributed by atoms with Gasteiger partial charge in [-0.15, -0.1) is 5.10 Å². The van der Waals surface area contributed by atoms with Crippen molar-refractivity contribution in [1.82, 2.24) is 19.8 Å². The smallest absolute Gasteiger partial charge is 0.157 e. The highest BCUT2D eigenvalue weighted by atomic mass is 15.4. The van der Waals surface area contributed by atoms with Crippen molar-refractivity contribution in [3.8, 4) is 0 Å². The van der Waals surface area contributed by atoms with E-state index in [0.29, 0.717) is 0 Å². The van der Waals surface area contributed by atoms with E-state index < -0.39 is 0 Å². The van der Waals surface area contributed by atoms with Crippen LogP contribution in [0.5, 0.6) is 0 Å². The SMILES string of the molecule is Cc1cc2nc(C)cn2nn1. The number of nitrogens with zero attached hydrogens (tertiary/aromatic N) is 4. The summed E-state index contributed by atoms with van der Waals surface area (Å²) in [5, 5.41) is 7.80. The van der Waals surface area contributed by atoms with E-state index in [0.717, 1.165) is 17.0 Å². The summed E-state index contributed by atoms with van der Waals surface area (Å²) < 4.78 is 1.67. The molecule has 0 spiro atoms. The van der Waals surface area contributed by atoms with Crippen molar-refractivity contribution in [3.05, 3.63) is 23.7 Å². The first-order valence-corrected chi connectivity index (χ1v) is 3.42. The fraction of sp³-hybridized carbons (Fsp3) is 0.286. The molecule has 0 N–H and O–H groups in total. The Morgan fingerprint density at radius 2 is 2.09 bits per heavy atom. The third-order valence-electron chi connectivity index (χ3n) is 1.47. The molecule has 0 unspecified atom stereocenters. The first-order valence-electron chi connectivity index (χ1n) is 3.42. The van der Waals surface area contributed by atoms with Gasteiger partial charge in [0.15, 0.2) is 5.65 Å². The lowest BCUT2D eigenvalue weighted by Crippen LogP contribution is -1.94. The number of rotatable bonds is 0. The van der Waals surface area contributed by atoms with Gasteiger partial charge in [0.2, 0.25) is 0 Å². The molecule has 2 rings (SSSR count). The molecule has 0 aliphatic carbocycles. The standard InChI is InChI=1S/C7H8N4/c1-5-3-7-8-6(2)4-11(7)10-9-5/h3-4H,1-2H3. The van der Waals surface area contributed by atoms with Crippen LogP contribution in [0.3, 0.4) is 0 Å². The van der Waals surface area contributed by atoms with Crippen molar-refractivity contribution < 1.29 is 0 Å². The van der Waals surface area contributed by atoms with Gasteiger partial charge in [0.25, 0.3) is 0 Å². The fourth-order valence-electron chi connectivity index (χ4n) is 1.01. The molecule has 0 saturated carbocycles. The van der Waals surface area contributed by atoms with Gasteiger partial charge in [0.1, 0.15) is 0 Å². The number of aryl methyl sites for hydroxylation is 2. The minimum absolute atomic E-state index is 0.856. The van der Waals surface area contributed by atoms with E-state index in [1.165, 1.54) is 0 Å². The number of fused-ring (bicyclic) bond motifs is 1. The predicted octanol–water partition coefficient (Wildman–Crippen LogP) is 0.741. The van der Waals surface area contributed by atoms with E-state index >= 15 is 0 Å². The second-order valence-corrected chi connectivity index (χ2v) is 2.56. The minimum atomic E-state index is 0.856. The van der Waals surface area contributed by atoms with Crippen LogP contribution in [0, 0.1) is 13.8 Å². The summed E-state index contributed by atoms with van der Waals surface area (Å²) >= 11 is 0. The van der Waals surface area contributed by atoms with Gasteiger partial charge in [-0.25, -0.2) is 9.50 Å². The number of hydrogen-bond donors (Lipinski definition) is 0. The van der Waals surface area contributed by atoms with Crippen molar-refractivity contribution in [1.29, 1.82) is 0 Å². The Kier molecular flexibility index (Phi) is 1.15. The average molecular weight is 148 g/mol. The zero-order chi connectivity index (χ0) is 7.84. The Morgan fingerprint density at radius 1 is 1.27 bits per heavy atom. The molecule has 4 heteroatoms. The third-order valence-corrected chi connectivity index (χ3v) is 1.47. The van der Waals surface area contributed by atoms with Gasteiger partial charge >= 0.3 is 0 Å².